The Morgan fingerprint density at radius 2 is 1.75 bits per heavy atom. The van der Waals surface area contributed by atoms with Crippen LogP contribution in [0.5, 0.6) is 5.75 Å². The fourth-order valence-corrected chi connectivity index (χ4v) is 3.45. The molecule has 1 aromatic carbocycles. The van der Waals surface area contributed by atoms with Gasteiger partial charge in [0.05, 0.1) is 0 Å². The first-order chi connectivity index (χ1) is 15.4. The van der Waals surface area contributed by atoms with Gasteiger partial charge in [0.1, 0.15) is 18.4 Å². The molecule has 4 rings (SSSR count). The van der Waals surface area contributed by atoms with Gasteiger partial charge >= 0.3 is 6.36 Å². The Labute approximate surface area is 181 Å². The SMILES string of the molecule is O=C(NCc1ccc(OC(F)(F)F)cc1)C1CCN(c2ccc(-n3cncn3)nn2)CC1. The molecule has 3 heterocycles. The number of anilines is 1. The molecule has 12 heteroatoms. The van der Waals surface area contributed by atoms with Crippen molar-refractivity contribution in [1.29, 1.82) is 0 Å². The maximum absolute atomic E-state index is 12.5. The summed E-state index contributed by atoms with van der Waals surface area (Å²) in [5, 5.41) is 15.3. The molecular weight excluding hydrogens is 427 g/mol. The molecular formula is C20H20F3N7O2. The summed E-state index contributed by atoms with van der Waals surface area (Å²) in [6.07, 6.45) is -0.440. The third kappa shape index (κ3) is 5.50. The average molecular weight is 447 g/mol. The number of halogens is 3. The number of carbonyl (C=O) groups is 1. The van der Waals surface area contributed by atoms with Crippen molar-refractivity contribution in [3.63, 3.8) is 0 Å². The van der Waals surface area contributed by atoms with E-state index in [1.165, 1.54) is 35.3 Å². The fraction of sp³-hybridized carbons (Fsp3) is 0.350. The minimum absolute atomic E-state index is 0.0760. The third-order valence-electron chi connectivity index (χ3n) is 5.10. The standard InChI is InChI=1S/C20H20F3N7O2/c21-20(22,23)32-16-3-1-14(2-4-16)11-25-19(31)15-7-9-29(10-8-15)17-5-6-18(28-27-17)30-13-24-12-26-30/h1-6,12-13,15H,7-11H2,(H,25,31). The quantitative estimate of drug-likeness (QED) is 0.620. The van der Waals surface area contributed by atoms with Crippen molar-refractivity contribution in [3.05, 3.63) is 54.6 Å². The van der Waals surface area contributed by atoms with Crippen LogP contribution in [0.3, 0.4) is 0 Å². The molecule has 1 amide bonds. The molecule has 0 spiro atoms. The summed E-state index contributed by atoms with van der Waals surface area (Å²) >= 11 is 0. The molecule has 0 unspecified atom stereocenters. The van der Waals surface area contributed by atoms with E-state index in [-0.39, 0.29) is 24.1 Å². The molecule has 0 saturated carbocycles. The van der Waals surface area contributed by atoms with E-state index >= 15 is 0 Å². The number of hydrogen-bond donors (Lipinski definition) is 1. The van der Waals surface area contributed by atoms with Gasteiger partial charge in [-0.15, -0.1) is 23.4 Å². The van der Waals surface area contributed by atoms with Gasteiger partial charge in [0.15, 0.2) is 11.6 Å². The van der Waals surface area contributed by atoms with Gasteiger partial charge in [0.2, 0.25) is 5.91 Å². The minimum atomic E-state index is -4.73. The van der Waals surface area contributed by atoms with Gasteiger partial charge < -0.3 is 15.0 Å². The first-order valence-corrected chi connectivity index (χ1v) is 9.93. The van der Waals surface area contributed by atoms with E-state index in [1.54, 1.807) is 12.4 Å². The summed E-state index contributed by atoms with van der Waals surface area (Å²) in [4.78, 5) is 18.4. The molecule has 1 aliphatic heterocycles. The fourth-order valence-electron chi connectivity index (χ4n) is 3.45. The van der Waals surface area contributed by atoms with Crippen molar-refractivity contribution < 1.29 is 22.7 Å². The van der Waals surface area contributed by atoms with Crippen LogP contribution in [0.2, 0.25) is 0 Å². The van der Waals surface area contributed by atoms with Gasteiger partial charge in [-0.3, -0.25) is 4.79 Å². The van der Waals surface area contributed by atoms with E-state index in [2.05, 4.69) is 35.2 Å². The van der Waals surface area contributed by atoms with Gasteiger partial charge in [0.25, 0.3) is 0 Å². The normalized spacial score (nSPS) is 14.9. The summed E-state index contributed by atoms with van der Waals surface area (Å²) in [6.45, 7) is 1.57. The highest BCUT2D eigenvalue weighted by Crippen LogP contribution is 2.24. The lowest BCUT2D eigenvalue weighted by molar-refractivity contribution is -0.274. The Hall–Kier alpha value is -3.70. The number of hydrogen-bond acceptors (Lipinski definition) is 7. The van der Waals surface area contributed by atoms with Gasteiger partial charge in [0, 0.05) is 25.6 Å². The summed E-state index contributed by atoms with van der Waals surface area (Å²) in [5.74, 6) is 0.791. The van der Waals surface area contributed by atoms with Crippen LogP contribution in [0.1, 0.15) is 18.4 Å². The maximum Gasteiger partial charge on any atom is 0.573 e. The molecule has 1 saturated heterocycles. The van der Waals surface area contributed by atoms with Crippen molar-refractivity contribution in [3.8, 4) is 11.6 Å². The zero-order chi connectivity index (χ0) is 22.6. The first-order valence-electron chi connectivity index (χ1n) is 9.93. The van der Waals surface area contributed by atoms with E-state index in [1.807, 2.05) is 6.07 Å². The second-order valence-electron chi connectivity index (χ2n) is 7.26. The molecule has 0 aliphatic carbocycles. The smallest absolute Gasteiger partial charge is 0.406 e. The van der Waals surface area contributed by atoms with Crippen molar-refractivity contribution in [1.82, 2.24) is 30.3 Å². The Morgan fingerprint density at radius 1 is 1.06 bits per heavy atom. The number of carbonyl (C=O) groups excluding carboxylic acids is 1. The Kier molecular flexibility index (Phi) is 6.19. The first kappa shape index (κ1) is 21.5. The third-order valence-corrected chi connectivity index (χ3v) is 5.10. The molecule has 0 atom stereocenters. The predicted molar refractivity (Wildman–Crippen MR) is 107 cm³/mol. The van der Waals surface area contributed by atoms with Gasteiger partial charge in [-0.2, -0.15) is 5.10 Å². The molecule has 2 aromatic heterocycles. The average Bonchev–Trinajstić information content (AvgIpc) is 3.33. The number of piperidine rings is 1. The van der Waals surface area contributed by atoms with Gasteiger partial charge in [-0.05, 0) is 42.7 Å². The lowest BCUT2D eigenvalue weighted by atomic mass is 9.96. The van der Waals surface area contributed by atoms with Crippen molar-refractivity contribution in [2.24, 2.45) is 5.92 Å². The highest BCUT2D eigenvalue weighted by molar-refractivity contribution is 5.79. The molecule has 0 bridgehead atoms. The largest absolute Gasteiger partial charge is 0.573 e. The van der Waals surface area contributed by atoms with Crippen LogP contribution in [0.15, 0.2) is 49.1 Å². The van der Waals surface area contributed by atoms with Crippen LogP contribution in [0.25, 0.3) is 5.82 Å². The van der Waals surface area contributed by atoms with Gasteiger partial charge in [-0.1, -0.05) is 12.1 Å². The van der Waals surface area contributed by atoms with Crippen LogP contribution in [0, 0.1) is 5.92 Å². The highest BCUT2D eigenvalue weighted by atomic mass is 19.4. The number of amides is 1. The van der Waals surface area contributed by atoms with Crippen LogP contribution in [-0.4, -0.2) is 50.3 Å². The number of benzene rings is 1. The second-order valence-corrected chi connectivity index (χ2v) is 7.26. The zero-order valence-electron chi connectivity index (χ0n) is 16.9. The van der Waals surface area contributed by atoms with Crippen molar-refractivity contribution in [2.75, 3.05) is 18.0 Å². The molecule has 9 nitrogen and oxygen atoms in total. The number of nitrogens with one attached hydrogen (secondary N) is 1. The molecule has 1 aliphatic rings. The topological polar surface area (TPSA) is 98.1 Å². The molecule has 3 aromatic rings. The Balaban J connectivity index is 1.24. The number of ether oxygens (including phenoxy) is 1. The number of alkyl halides is 3. The van der Waals surface area contributed by atoms with Crippen LogP contribution < -0.4 is 15.0 Å². The molecule has 168 valence electrons. The van der Waals surface area contributed by atoms with E-state index in [0.717, 1.165) is 5.82 Å². The van der Waals surface area contributed by atoms with E-state index < -0.39 is 6.36 Å². The molecule has 1 N–H and O–H groups in total. The van der Waals surface area contributed by atoms with Crippen LogP contribution in [0.4, 0.5) is 19.0 Å². The van der Waals surface area contributed by atoms with E-state index in [9.17, 15) is 18.0 Å². The minimum Gasteiger partial charge on any atom is -0.406 e. The van der Waals surface area contributed by atoms with E-state index in [0.29, 0.717) is 37.3 Å². The lowest BCUT2D eigenvalue weighted by Gasteiger charge is -2.31. The summed E-state index contributed by atoms with van der Waals surface area (Å²) in [6, 6.07) is 9.10. The summed E-state index contributed by atoms with van der Waals surface area (Å²) in [7, 11) is 0. The molecule has 32 heavy (non-hydrogen) atoms. The van der Waals surface area contributed by atoms with Crippen molar-refractivity contribution >= 4 is 11.7 Å². The summed E-state index contributed by atoms with van der Waals surface area (Å²) in [5.41, 5.74) is 0.688. The monoisotopic (exact) mass is 447 g/mol. The number of nitrogens with zero attached hydrogens (tertiary/aromatic N) is 6. The summed E-state index contributed by atoms with van der Waals surface area (Å²) < 4.78 is 42.0. The molecule has 0 radical (unpaired) electrons. The second kappa shape index (κ2) is 9.20. The number of aromatic nitrogens is 5. The lowest BCUT2D eigenvalue weighted by Crippen LogP contribution is -2.40. The Morgan fingerprint density at radius 3 is 2.34 bits per heavy atom. The predicted octanol–water partition coefficient (Wildman–Crippen LogP) is 2.49. The Bertz CT molecular complexity index is 1020. The van der Waals surface area contributed by atoms with Gasteiger partial charge in [-0.25, -0.2) is 9.67 Å². The zero-order valence-corrected chi connectivity index (χ0v) is 16.9. The van der Waals surface area contributed by atoms with Crippen LogP contribution >= 0.6 is 0 Å². The maximum atomic E-state index is 12.5. The number of rotatable bonds is 6. The van der Waals surface area contributed by atoms with E-state index in [4.69, 9.17) is 0 Å². The van der Waals surface area contributed by atoms with Crippen LogP contribution in [-0.2, 0) is 11.3 Å². The molecule has 1 fully saturated rings. The highest BCUT2D eigenvalue weighted by Gasteiger charge is 2.31. The van der Waals surface area contributed by atoms with Crippen molar-refractivity contribution in [2.45, 2.75) is 25.7 Å².